The Kier molecular flexibility index (Phi) is 8.11. The van der Waals surface area contributed by atoms with Crippen LogP contribution >= 0.6 is 0 Å². The molecule has 9 heteroatoms. The van der Waals surface area contributed by atoms with Crippen molar-refractivity contribution in [1.82, 2.24) is 24.1 Å². The van der Waals surface area contributed by atoms with Gasteiger partial charge in [-0.25, -0.2) is 9.78 Å². The predicted octanol–water partition coefficient (Wildman–Crippen LogP) is 5.70. The molecule has 2 aliphatic heterocycles. The van der Waals surface area contributed by atoms with Crippen LogP contribution in [0.3, 0.4) is 0 Å². The Morgan fingerprint density at radius 2 is 1.55 bits per heavy atom. The number of carbonyl (C=O) groups is 2. The molecule has 0 unspecified atom stereocenters. The SMILES string of the molecule is CC(C)(C)OC(=O)N1CCN(C2CCN(C(=O)c3ccccc3-c3ccc4ncc(-c5ccc(C#N)cc5)n4c3)CC2)CC1. The minimum Gasteiger partial charge on any atom is -0.444 e. The highest BCUT2D eigenvalue weighted by Crippen LogP contribution is 2.29. The maximum absolute atomic E-state index is 13.9. The number of likely N-dealkylation sites (tertiary alicyclic amines) is 1. The number of hydrogen-bond donors (Lipinski definition) is 0. The van der Waals surface area contributed by atoms with Gasteiger partial charge in [-0.1, -0.05) is 30.3 Å². The van der Waals surface area contributed by atoms with E-state index in [1.165, 1.54) is 0 Å². The van der Waals surface area contributed by atoms with Crippen LogP contribution in [0.4, 0.5) is 4.79 Å². The number of hydrogen-bond acceptors (Lipinski definition) is 6. The van der Waals surface area contributed by atoms with Crippen molar-refractivity contribution in [2.24, 2.45) is 0 Å². The summed E-state index contributed by atoms with van der Waals surface area (Å²) in [5.41, 5.74) is 5.33. The fourth-order valence-electron chi connectivity index (χ4n) is 6.19. The molecular weight excluding hydrogens is 552 g/mol. The summed E-state index contributed by atoms with van der Waals surface area (Å²) < 4.78 is 7.58. The Hall–Kier alpha value is -4.68. The molecule has 6 rings (SSSR count). The number of carbonyl (C=O) groups excluding carboxylic acids is 2. The van der Waals surface area contributed by atoms with Gasteiger partial charge in [0.2, 0.25) is 0 Å². The number of ether oxygens (including phenoxy) is 1. The predicted molar refractivity (Wildman–Crippen MR) is 169 cm³/mol. The van der Waals surface area contributed by atoms with Crippen LogP contribution in [-0.4, -0.2) is 87.0 Å². The number of fused-ring (bicyclic) bond motifs is 1. The summed E-state index contributed by atoms with van der Waals surface area (Å²) in [5, 5.41) is 9.17. The van der Waals surface area contributed by atoms with E-state index in [4.69, 9.17) is 10.00 Å². The van der Waals surface area contributed by atoms with E-state index in [1.54, 1.807) is 17.0 Å². The number of benzene rings is 2. The topological polar surface area (TPSA) is 94.2 Å². The Morgan fingerprint density at radius 1 is 0.864 bits per heavy atom. The fraction of sp³-hybridized carbons (Fsp3) is 0.371. The lowest BCUT2D eigenvalue weighted by Gasteiger charge is -2.42. The van der Waals surface area contributed by atoms with E-state index in [2.05, 4.69) is 16.0 Å². The molecule has 2 aromatic carbocycles. The normalized spacial score (nSPS) is 16.6. The lowest BCUT2D eigenvalue weighted by Crippen LogP contribution is -2.55. The number of nitriles is 1. The summed E-state index contributed by atoms with van der Waals surface area (Å²) in [6.45, 7) is 10.0. The van der Waals surface area contributed by atoms with Crippen LogP contribution in [0.1, 0.15) is 49.5 Å². The molecule has 2 amide bonds. The van der Waals surface area contributed by atoms with E-state index in [-0.39, 0.29) is 12.0 Å². The highest BCUT2D eigenvalue weighted by Gasteiger charge is 2.32. The first kappa shape index (κ1) is 29.4. The monoisotopic (exact) mass is 590 g/mol. The molecule has 0 radical (unpaired) electrons. The Bertz CT molecular complexity index is 1700. The van der Waals surface area contributed by atoms with Crippen molar-refractivity contribution in [2.75, 3.05) is 39.3 Å². The standard InChI is InChI=1S/C35H38N6O3/c1-35(2,3)44-34(43)40-20-18-38(19-21-40)28-14-16-39(17-15-28)33(42)30-7-5-4-6-29(30)27-12-13-32-37-23-31(41(32)24-27)26-10-8-25(22-36)9-11-26/h4-13,23-24,28H,14-21H2,1-3H3. The van der Waals surface area contributed by atoms with Crippen molar-refractivity contribution in [3.8, 4) is 28.5 Å². The lowest BCUT2D eigenvalue weighted by molar-refractivity contribution is 0.00577. The third kappa shape index (κ3) is 6.17. The molecule has 0 bridgehead atoms. The molecule has 2 saturated heterocycles. The average molecular weight is 591 g/mol. The van der Waals surface area contributed by atoms with E-state index in [0.717, 1.165) is 54.0 Å². The van der Waals surface area contributed by atoms with Gasteiger partial charge in [-0.15, -0.1) is 0 Å². The van der Waals surface area contributed by atoms with Crippen LogP contribution < -0.4 is 0 Å². The van der Waals surface area contributed by atoms with E-state index < -0.39 is 5.60 Å². The molecule has 2 aliphatic rings. The molecule has 2 aromatic heterocycles. The molecular formula is C35H38N6O3. The van der Waals surface area contributed by atoms with E-state index in [9.17, 15) is 9.59 Å². The zero-order chi connectivity index (χ0) is 30.8. The van der Waals surface area contributed by atoms with Crippen molar-refractivity contribution in [3.05, 3.63) is 84.2 Å². The lowest BCUT2D eigenvalue weighted by atomic mass is 9.97. The summed E-state index contributed by atoms with van der Waals surface area (Å²) in [5.74, 6) is 0.0480. The highest BCUT2D eigenvalue weighted by atomic mass is 16.6. The zero-order valence-corrected chi connectivity index (χ0v) is 25.6. The summed E-state index contributed by atoms with van der Waals surface area (Å²) in [6, 6.07) is 21.8. The van der Waals surface area contributed by atoms with Crippen LogP contribution in [0.5, 0.6) is 0 Å². The number of rotatable bonds is 4. The Labute approximate surface area is 258 Å². The summed E-state index contributed by atoms with van der Waals surface area (Å²) in [7, 11) is 0. The third-order valence-corrected chi connectivity index (χ3v) is 8.52. The quantitative estimate of drug-likeness (QED) is 0.303. The van der Waals surface area contributed by atoms with Gasteiger partial charge in [0.15, 0.2) is 0 Å². The van der Waals surface area contributed by atoms with Gasteiger partial charge in [-0.2, -0.15) is 5.26 Å². The molecule has 4 heterocycles. The number of aromatic nitrogens is 2. The largest absolute Gasteiger partial charge is 0.444 e. The Balaban J connectivity index is 1.13. The molecule has 2 fully saturated rings. The second-order valence-electron chi connectivity index (χ2n) is 12.6. The molecule has 0 atom stereocenters. The van der Waals surface area contributed by atoms with Crippen molar-refractivity contribution in [1.29, 1.82) is 5.26 Å². The van der Waals surface area contributed by atoms with Gasteiger partial charge in [0.05, 0.1) is 23.5 Å². The van der Waals surface area contributed by atoms with Gasteiger partial charge in [-0.3, -0.25) is 14.1 Å². The second-order valence-corrected chi connectivity index (χ2v) is 12.6. The number of imidazole rings is 1. The Morgan fingerprint density at radius 3 is 2.23 bits per heavy atom. The number of amides is 2. The van der Waals surface area contributed by atoms with Gasteiger partial charge < -0.3 is 14.5 Å². The van der Waals surface area contributed by atoms with Crippen LogP contribution in [0.25, 0.3) is 28.0 Å². The van der Waals surface area contributed by atoms with E-state index >= 15 is 0 Å². The van der Waals surface area contributed by atoms with Crippen molar-refractivity contribution >= 4 is 17.6 Å². The smallest absolute Gasteiger partial charge is 0.410 e. The maximum atomic E-state index is 13.9. The molecule has 0 spiro atoms. The third-order valence-electron chi connectivity index (χ3n) is 8.52. The average Bonchev–Trinajstić information content (AvgIpc) is 3.47. The summed E-state index contributed by atoms with van der Waals surface area (Å²) in [6.07, 6.45) is 5.45. The van der Waals surface area contributed by atoms with Crippen LogP contribution in [0.2, 0.25) is 0 Å². The van der Waals surface area contributed by atoms with Gasteiger partial charge in [0, 0.05) is 62.6 Å². The van der Waals surface area contributed by atoms with Gasteiger partial charge >= 0.3 is 6.09 Å². The number of piperazine rings is 1. The molecule has 4 aromatic rings. The van der Waals surface area contributed by atoms with Crippen molar-refractivity contribution in [3.63, 3.8) is 0 Å². The second kappa shape index (κ2) is 12.1. The first-order chi connectivity index (χ1) is 21.2. The highest BCUT2D eigenvalue weighted by molar-refractivity contribution is 6.01. The van der Waals surface area contributed by atoms with E-state index in [0.29, 0.717) is 43.3 Å². The minimum atomic E-state index is -0.493. The number of nitrogens with zero attached hydrogens (tertiary/aromatic N) is 6. The van der Waals surface area contributed by atoms with Crippen molar-refractivity contribution < 1.29 is 14.3 Å². The first-order valence-electron chi connectivity index (χ1n) is 15.3. The van der Waals surface area contributed by atoms with Crippen LogP contribution in [0.15, 0.2) is 73.1 Å². The molecule has 0 aliphatic carbocycles. The molecule has 226 valence electrons. The fourth-order valence-corrected chi connectivity index (χ4v) is 6.19. The molecule has 0 N–H and O–H groups in total. The molecule has 44 heavy (non-hydrogen) atoms. The van der Waals surface area contributed by atoms with Gasteiger partial charge in [-0.05, 0) is 75.1 Å². The molecule has 0 saturated carbocycles. The van der Waals surface area contributed by atoms with E-state index in [1.807, 2.05) is 91.0 Å². The maximum Gasteiger partial charge on any atom is 0.410 e. The number of pyridine rings is 1. The van der Waals surface area contributed by atoms with Gasteiger partial charge in [0.25, 0.3) is 5.91 Å². The van der Waals surface area contributed by atoms with Gasteiger partial charge in [0.1, 0.15) is 11.2 Å². The minimum absolute atomic E-state index is 0.0480. The van der Waals surface area contributed by atoms with Crippen LogP contribution in [0, 0.1) is 11.3 Å². The molecule has 9 nitrogen and oxygen atoms in total. The summed E-state index contributed by atoms with van der Waals surface area (Å²) >= 11 is 0. The number of piperidine rings is 1. The zero-order valence-electron chi connectivity index (χ0n) is 25.6. The summed E-state index contributed by atoms with van der Waals surface area (Å²) in [4.78, 5) is 37.1. The van der Waals surface area contributed by atoms with Crippen molar-refractivity contribution in [2.45, 2.75) is 45.3 Å². The first-order valence-corrected chi connectivity index (χ1v) is 15.3. The van der Waals surface area contributed by atoms with Crippen LogP contribution in [-0.2, 0) is 4.74 Å².